The quantitative estimate of drug-likeness (QED) is 0.832. The summed E-state index contributed by atoms with van der Waals surface area (Å²) >= 11 is 0. The van der Waals surface area contributed by atoms with Crippen molar-refractivity contribution in [2.24, 2.45) is 16.6 Å². The van der Waals surface area contributed by atoms with E-state index in [0.29, 0.717) is 10.8 Å². The summed E-state index contributed by atoms with van der Waals surface area (Å²) in [6.45, 7) is 6.82. The normalized spacial score (nSPS) is 24.9. The molecule has 104 valence electrons. The average molecular weight is 258 g/mol. The van der Waals surface area contributed by atoms with Crippen molar-refractivity contribution in [2.75, 3.05) is 0 Å². The van der Waals surface area contributed by atoms with Crippen LogP contribution < -0.4 is 5.73 Å². The molecule has 0 unspecified atom stereocenters. The topological polar surface area (TPSA) is 38.9 Å². The van der Waals surface area contributed by atoms with Crippen LogP contribution in [0.1, 0.15) is 69.3 Å². The van der Waals surface area contributed by atoms with Gasteiger partial charge in [-0.15, -0.1) is 0 Å². The predicted molar refractivity (Wildman–Crippen MR) is 78.9 cm³/mol. The number of rotatable bonds is 1. The lowest BCUT2D eigenvalue weighted by Crippen LogP contribution is -2.39. The smallest absolute Gasteiger partial charge is 0.0457 e. The first kappa shape index (κ1) is 13.1. The molecular weight excluding hydrogens is 232 g/mol. The monoisotopic (exact) mass is 258 g/mol. The maximum atomic E-state index is 6.42. The minimum Gasteiger partial charge on any atom is -0.324 e. The van der Waals surface area contributed by atoms with Crippen LogP contribution >= 0.6 is 0 Å². The predicted octanol–water partition coefficient (Wildman–Crippen LogP) is 3.79. The van der Waals surface area contributed by atoms with Gasteiger partial charge in [-0.1, -0.05) is 33.3 Å². The zero-order valence-electron chi connectivity index (χ0n) is 12.5. The number of nitrogens with two attached hydrogens (primary N) is 1. The van der Waals surface area contributed by atoms with Gasteiger partial charge in [0, 0.05) is 17.9 Å². The number of fused-ring (bicyclic) bond motifs is 1. The summed E-state index contributed by atoms with van der Waals surface area (Å²) < 4.78 is 0. The summed E-state index contributed by atoms with van der Waals surface area (Å²) in [4.78, 5) is 4.75. The first-order valence-electron chi connectivity index (χ1n) is 7.60. The van der Waals surface area contributed by atoms with E-state index in [1.165, 1.54) is 42.5 Å². The average Bonchev–Trinajstić information content (AvgIpc) is 2.25. The summed E-state index contributed by atoms with van der Waals surface area (Å²) in [5, 5.41) is 0. The lowest BCUT2D eigenvalue weighted by Gasteiger charge is -2.47. The molecule has 1 heterocycles. The Balaban J connectivity index is 1.87. The van der Waals surface area contributed by atoms with Gasteiger partial charge in [-0.25, -0.2) is 0 Å². The van der Waals surface area contributed by atoms with Crippen molar-refractivity contribution in [1.29, 1.82) is 0 Å². The van der Waals surface area contributed by atoms with Crippen LogP contribution in [0.2, 0.25) is 0 Å². The molecule has 2 N–H and O–H groups in total. The van der Waals surface area contributed by atoms with Crippen LogP contribution in [0.3, 0.4) is 0 Å². The summed E-state index contributed by atoms with van der Waals surface area (Å²) in [7, 11) is 0. The van der Waals surface area contributed by atoms with Crippen LogP contribution in [0.4, 0.5) is 0 Å². The third-order valence-corrected chi connectivity index (χ3v) is 4.80. The Morgan fingerprint density at radius 1 is 1.37 bits per heavy atom. The summed E-state index contributed by atoms with van der Waals surface area (Å²) in [5.41, 5.74) is 11.2. The molecule has 1 aromatic heterocycles. The van der Waals surface area contributed by atoms with Crippen LogP contribution in [0, 0.1) is 10.8 Å². The number of pyridine rings is 1. The minimum atomic E-state index is 0.205. The Morgan fingerprint density at radius 2 is 2.11 bits per heavy atom. The molecule has 2 heteroatoms. The second-order valence-electron chi connectivity index (χ2n) is 7.96. The molecule has 0 radical (unpaired) electrons. The Labute approximate surface area is 116 Å². The molecule has 19 heavy (non-hydrogen) atoms. The number of nitrogens with zero attached hydrogens (tertiary/aromatic N) is 1. The maximum Gasteiger partial charge on any atom is 0.0457 e. The maximum absolute atomic E-state index is 6.42. The molecule has 3 rings (SSSR count). The van der Waals surface area contributed by atoms with Gasteiger partial charge >= 0.3 is 0 Å². The van der Waals surface area contributed by atoms with Gasteiger partial charge in [0.15, 0.2) is 0 Å². The van der Waals surface area contributed by atoms with E-state index >= 15 is 0 Å². The molecule has 0 aromatic carbocycles. The SMILES string of the molecule is CC(C)(C)Cc1cnc2c(c1)[C@@H](N)CC1(CCC1)C2. The highest BCUT2D eigenvalue weighted by molar-refractivity contribution is 5.33. The summed E-state index contributed by atoms with van der Waals surface area (Å²) in [6, 6.07) is 2.53. The van der Waals surface area contributed by atoms with Crippen LogP contribution in [-0.4, -0.2) is 4.98 Å². The molecule has 1 atom stereocenters. The molecule has 0 amide bonds. The first-order valence-corrected chi connectivity index (χ1v) is 7.60. The van der Waals surface area contributed by atoms with Crippen molar-refractivity contribution in [1.82, 2.24) is 4.98 Å². The molecule has 1 aromatic rings. The Kier molecular flexibility index (Phi) is 2.97. The fourth-order valence-electron chi connectivity index (χ4n) is 3.79. The molecule has 1 spiro atoms. The highest BCUT2D eigenvalue weighted by atomic mass is 14.8. The zero-order chi connectivity index (χ0) is 13.7. The third-order valence-electron chi connectivity index (χ3n) is 4.80. The fraction of sp³-hybridized carbons (Fsp3) is 0.706. The van der Waals surface area contributed by atoms with Crippen LogP contribution in [0.25, 0.3) is 0 Å². The van der Waals surface area contributed by atoms with E-state index in [1.54, 1.807) is 0 Å². The standard InChI is InChI=1S/C17H26N2/c1-16(2,3)8-12-7-13-14(18)9-17(5-4-6-17)10-15(13)19-11-12/h7,11,14H,4-6,8-10,18H2,1-3H3/t14-/m0/s1. The Hall–Kier alpha value is -0.890. The number of hydrogen-bond acceptors (Lipinski definition) is 2. The second kappa shape index (κ2) is 4.31. The zero-order valence-corrected chi connectivity index (χ0v) is 12.5. The lowest BCUT2D eigenvalue weighted by molar-refractivity contribution is 0.0960. The molecule has 2 aliphatic rings. The fourth-order valence-corrected chi connectivity index (χ4v) is 3.79. The molecule has 0 aliphatic heterocycles. The van der Waals surface area contributed by atoms with Crippen molar-refractivity contribution in [3.05, 3.63) is 29.1 Å². The summed E-state index contributed by atoms with van der Waals surface area (Å²) in [6.07, 6.45) is 9.56. The molecule has 2 aliphatic carbocycles. The van der Waals surface area contributed by atoms with Crippen molar-refractivity contribution in [2.45, 2.75) is 65.3 Å². The van der Waals surface area contributed by atoms with Gasteiger partial charge in [-0.2, -0.15) is 0 Å². The van der Waals surface area contributed by atoms with E-state index in [4.69, 9.17) is 10.7 Å². The van der Waals surface area contributed by atoms with E-state index < -0.39 is 0 Å². The number of hydrogen-bond donors (Lipinski definition) is 1. The van der Waals surface area contributed by atoms with Gasteiger partial charge in [0.2, 0.25) is 0 Å². The molecule has 2 nitrogen and oxygen atoms in total. The number of aromatic nitrogens is 1. The molecule has 1 saturated carbocycles. The van der Waals surface area contributed by atoms with E-state index in [1.807, 2.05) is 0 Å². The third kappa shape index (κ3) is 2.55. The lowest BCUT2D eigenvalue weighted by atomic mass is 9.59. The van der Waals surface area contributed by atoms with Crippen molar-refractivity contribution in [3.8, 4) is 0 Å². The summed E-state index contributed by atoms with van der Waals surface area (Å²) in [5.74, 6) is 0. The van der Waals surface area contributed by atoms with E-state index in [-0.39, 0.29) is 6.04 Å². The van der Waals surface area contributed by atoms with E-state index in [2.05, 4.69) is 33.0 Å². The molecular formula is C17H26N2. The van der Waals surface area contributed by atoms with Crippen molar-refractivity contribution < 1.29 is 0 Å². The van der Waals surface area contributed by atoms with Gasteiger partial charge in [-0.05, 0) is 54.1 Å². The van der Waals surface area contributed by atoms with E-state index in [0.717, 1.165) is 12.8 Å². The molecule has 0 saturated heterocycles. The second-order valence-corrected chi connectivity index (χ2v) is 7.96. The van der Waals surface area contributed by atoms with Crippen LogP contribution in [-0.2, 0) is 12.8 Å². The van der Waals surface area contributed by atoms with E-state index in [9.17, 15) is 0 Å². The Bertz CT molecular complexity index is 481. The van der Waals surface area contributed by atoms with Gasteiger partial charge in [0.05, 0.1) is 0 Å². The van der Waals surface area contributed by atoms with Crippen molar-refractivity contribution >= 4 is 0 Å². The molecule has 1 fully saturated rings. The van der Waals surface area contributed by atoms with Gasteiger partial charge < -0.3 is 5.73 Å². The first-order chi connectivity index (χ1) is 8.87. The van der Waals surface area contributed by atoms with Gasteiger partial charge in [0.1, 0.15) is 0 Å². The highest BCUT2D eigenvalue weighted by Crippen LogP contribution is 2.52. The van der Waals surface area contributed by atoms with Crippen LogP contribution in [0.15, 0.2) is 12.3 Å². The van der Waals surface area contributed by atoms with Gasteiger partial charge in [-0.3, -0.25) is 4.98 Å². The largest absolute Gasteiger partial charge is 0.324 e. The van der Waals surface area contributed by atoms with Crippen molar-refractivity contribution in [3.63, 3.8) is 0 Å². The Morgan fingerprint density at radius 3 is 2.68 bits per heavy atom. The van der Waals surface area contributed by atoms with Crippen LogP contribution in [0.5, 0.6) is 0 Å². The highest BCUT2D eigenvalue weighted by Gasteiger charge is 2.42. The minimum absolute atomic E-state index is 0.205. The molecule has 0 bridgehead atoms. The van der Waals surface area contributed by atoms with Gasteiger partial charge in [0.25, 0.3) is 0 Å².